The van der Waals surface area contributed by atoms with E-state index in [1.165, 1.54) is 83.2 Å². The molecule has 0 nitrogen and oxygen atoms in total. The van der Waals surface area contributed by atoms with Gasteiger partial charge in [0.25, 0.3) is 0 Å². The first-order valence-electron chi connectivity index (χ1n) is 16.4. The minimum atomic E-state index is -0.0642. The van der Waals surface area contributed by atoms with Gasteiger partial charge in [-0.05, 0) is 108 Å². The lowest BCUT2D eigenvalue weighted by atomic mass is 9.65. The first kappa shape index (κ1) is 26.5. The Hall–Kier alpha value is -4.94. The summed E-state index contributed by atoms with van der Waals surface area (Å²) in [4.78, 5) is 0. The van der Waals surface area contributed by atoms with Gasteiger partial charge in [0, 0.05) is 11.3 Å². The van der Waals surface area contributed by atoms with Gasteiger partial charge in [-0.25, -0.2) is 0 Å². The van der Waals surface area contributed by atoms with Gasteiger partial charge in [0.1, 0.15) is 0 Å². The molecule has 5 aromatic rings. The summed E-state index contributed by atoms with van der Waals surface area (Å²) in [7, 11) is 0. The molecule has 0 heterocycles. The van der Waals surface area contributed by atoms with Gasteiger partial charge in [-0.2, -0.15) is 0 Å². The molecule has 0 heteroatoms. The summed E-state index contributed by atoms with van der Waals surface area (Å²) in [5.41, 5.74) is 18.5. The minimum absolute atomic E-state index is 0.0642. The third kappa shape index (κ3) is 3.91. The zero-order chi connectivity index (χ0) is 30.1. The van der Waals surface area contributed by atoms with Crippen molar-refractivity contribution in [1.29, 1.82) is 0 Å². The Labute approximate surface area is 266 Å². The second kappa shape index (κ2) is 10.0. The van der Waals surface area contributed by atoms with Crippen molar-refractivity contribution in [2.24, 2.45) is 5.92 Å². The second-order valence-electron chi connectivity index (χ2n) is 13.5. The van der Waals surface area contributed by atoms with Crippen molar-refractivity contribution in [3.63, 3.8) is 0 Å². The van der Waals surface area contributed by atoms with Crippen molar-refractivity contribution < 1.29 is 0 Å². The quantitative estimate of drug-likeness (QED) is 0.200. The zero-order valence-electron chi connectivity index (χ0n) is 26.0. The molecule has 45 heavy (non-hydrogen) atoms. The van der Waals surface area contributed by atoms with E-state index in [9.17, 15) is 0 Å². The van der Waals surface area contributed by atoms with E-state index in [1.54, 1.807) is 0 Å². The molecule has 0 saturated heterocycles. The highest BCUT2D eigenvalue weighted by atomic mass is 14.4. The van der Waals surface area contributed by atoms with Gasteiger partial charge in [0.05, 0.1) is 0 Å². The van der Waals surface area contributed by atoms with E-state index in [0.29, 0.717) is 0 Å². The van der Waals surface area contributed by atoms with E-state index in [-0.39, 0.29) is 11.3 Å². The topological polar surface area (TPSA) is 0 Å². The van der Waals surface area contributed by atoms with Crippen LogP contribution in [0.3, 0.4) is 0 Å². The predicted octanol–water partition coefficient (Wildman–Crippen LogP) is 11.7. The maximum Gasteiger partial charge on any atom is 0.0159 e. The average Bonchev–Trinajstić information content (AvgIpc) is 3.33. The Kier molecular flexibility index (Phi) is 5.91. The number of allylic oxidation sites excluding steroid dienone is 10. The number of rotatable bonds is 3. The standard InChI is InChI=1S/C45H36/c1-45(2)40-24-14-13-23-37(40)44-33-20-10-9-19-32(33)39(28-41(44)45)43-35-22-12-11-21-34(35)42(30-17-7-4-8-18-30)36-26-25-31(27-38(36)43)29-15-5-3-6-16-29/h3-11,13-21,23-26,28,38H,12,22,27H2,1-2H3. The lowest BCUT2D eigenvalue weighted by Crippen LogP contribution is -2.22. The molecular weight excluding hydrogens is 540 g/mol. The van der Waals surface area contributed by atoms with Crippen molar-refractivity contribution in [2.45, 2.75) is 38.5 Å². The first-order chi connectivity index (χ1) is 22.1. The average molecular weight is 577 g/mol. The summed E-state index contributed by atoms with van der Waals surface area (Å²) in [6, 6.07) is 43.0. The Morgan fingerprint density at radius 2 is 1.33 bits per heavy atom. The molecule has 4 aliphatic carbocycles. The van der Waals surface area contributed by atoms with Crippen LogP contribution >= 0.6 is 0 Å². The first-order valence-corrected chi connectivity index (χ1v) is 16.4. The van der Waals surface area contributed by atoms with Gasteiger partial charge in [-0.1, -0.05) is 147 Å². The van der Waals surface area contributed by atoms with Crippen LogP contribution in [0.4, 0.5) is 0 Å². The Morgan fingerprint density at radius 3 is 2.13 bits per heavy atom. The Morgan fingerprint density at radius 1 is 0.644 bits per heavy atom. The molecular formula is C45H36. The van der Waals surface area contributed by atoms with E-state index < -0.39 is 0 Å². The lowest BCUT2D eigenvalue weighted by Gasteiger charge is -2.39. The molecule has 0 aromatic heterocycles. The van der Waals surface area contributed by atoms with E-state index in [2.05, 4.69) is 153 Å². The summed E-state index contributed by atoms with van der Waals surface area (Å²) < 4.78 is 0. The van der Waals surface area contributed by atoms with E-state index in [1.807, 2.05) is 0 Å². The van der Waals surface area contributed by atoms with Gasteiger partial charge in [0.15, 0.2) is 0 Å². The smallest absolute Gasteiger partial charge is 0.0159 e. The fourth-order valence-electron chi connectivity index (χ4n) is 8.68. The van der Waals surface area contributed by atoms with Crippen molar-refractivity contribution in [3.8, 4) is 11.1 Å². The molecule has 5 aromatic carbocycles. The SMILES string of the molecule is CC1(C)c2ccccc2-c2c1cc(C1=C3CCC=CC3=C(c3ccccc3)C3=CC=C(c4ccccc4)CC31)c1ccccc21. The minimum Gasteiger partial charge on any atom is -0.0836 e. The fraction of sp³-hybridized carbons (Fsp3) is 0.156. The maximum atomic E-state index is 2.60. The Balaban J connectivity index is 1.37. The largest absolute Gasteiger partial charge is 0.0836 e. The van der Waals surface area contributed by atoms with Gasteiger partial charge < -0.3 is 0 Å². The summed E-state index contributed by atoms with van der Waals surface area (Å²) in [5.74, 6) is 0.277. The van der Waals surface area contributed by atoms with Gasteiger partial charge >= 0.3 is 0 Å². The van der Waals surface area contributed by atoms with E-state index >= 15 is 0 Å². The highest BCUT2D eigenvalue weighted by Crippen LogP contribution is 2.57. The van der Waals surface area contributed by atoms with Crippen molar-refractivity contribution >= 4 is 27.5 Å². The van der Waals surface area contributed by atoms with Crippen LogP contribution < -0.4 is 0 Å². The molecule has 216 valence electrons. The molecule has 0 spiro atoms. The highest BCUT2D eigenvalue weighted by Gasteiger charge is 2.40. The van der Waals surface area contributed by atoms with E-state index in [0.717, 1.165) is 19.3 Å². The van der Waals surface area contributed by atoms with Crippen molar-refractivity contribution in [2.75, 3.05) is 0 Å². The third-order valence-electron chi connectivity index (χ3n) is 10.8. The summed E-state index contributed by atoms with van der Waals surface area (Å²) >= 11 is 0. The van der Waals surface area contributed by atoms with Crippen LogP contribution in [0.5, 0.6) is 0 Å². The van der Waals surface area contributed by atoms with Crippen LogP contribution in [0.2, 0.25) is 0 Å². The molecule has 1 unspecified atom stereocenters. The summed E-state index contributed by atoms with van der Waals surface area (Å²) in [6.07, 6.45) is 12.8. The van der Waals surface area contributed by atoms with Crippen LogP contribution in [0.1, 0.15) is 60.9 Å². The molecule has 0 bridgehead atoms. The number of benzene rings is 5. The fourth-order valence-corrected chi connectivity index (χ4v) is 8.68. The predicted molar refractivity (Wildman–Crippen MR) is 191 cm³/mol. The number of fused-ring (bicyclic) bond motifs is 7. The summed E-state index contributed by atoms with van der Waals surface area (Å²) in [5, 5.41) is 2.75. The molecule has 0 radical (unpaired) electrons. The lowest BCUT2D eigenvalue weighted by molar-refractivity contribution is 0.660. The molecule has 9 rings (SSSR count). The molecule has 0 saturated carbocycles. The summed E-state index contributed by atoms with van der Waals surface area (Å²) in [6.45, 7) is 4.83. The van der Waals surface area contributed by atoms with Crippen molar-refractivity contribution in [1.82, 2.24) is 0 Å². The molecule has 0 fully saturated rings. The third-order valence-corrected chi connectivity index (χ3v) is 10.8. The number of hydrogen-bond acceptors (Lipinski definition) is 0. The monoisotopic (exact) mass is 576 g/mol. The van der Waals surface area contributed by atoms with Gasteiger partial charge in [0.2, 0.25) is 0 Å². The second-order valence-corrected chi connectivity index (χ2v) is 13.5. The van der Waals surface area contributed by atoms with Gasteiger partial charge in [-0.15, -0.1) is 0 Å². The van der Waals surface area contributed by atoms with Crippen LogP contribution in [-0.4, -0.2) is 0 Å². The Bertz CT molecular complexity index is 2180. The molecule has 0 aliphatic heterocycles. The maximum absolute atomic E-state index is 2.60. The molecule has 4 aliphatic rings. The number of hydrogen-bond donors (Lipinski definition) is 0. The van der Waals surface area contributed by atoms with E-state index in [4.69, 9.17) is 0 Å². The van der Waals surface area contributed by atoms with Gasteiger partial charge in [-0.3, -0.25) is 0 Å². The van der Waals surface area contributed by atoms with Crippen LogP contribution in [0, 0.1) is 5.92 Å². The van der Waals surface area contributed by atoms with Crippen LogP contribution in [0.15, 0.2) is 156 Å². The van der Waals surface area contributed by atoms with Crippen molar-refractivity contribution in [3.05, 3.63) is 184 Å². The normalized spacial score (nSPS) is 19.5. The highest BCUT2D eigenvalue weighted by molar-refractivity contribution is 6.10. The van der Waals surface area contributed by atoms with Crippen LogP contribution in [0.25, 0.3) is 38.6 Å². The molecule has 1 atom stereocenters. The zero-order valence-corrected chi connectivity index (χ0v) is 26.0. The molecule has 0 amide bonds. The van der Waals surface area contributed by atoms with Crippen LogP contribution in [-0.2, 0) is 5.41 Å². The molecule has 0 N–H and O–H groups in total.